The molecule has 0 heterocycles. The third-order valence-electron chi connectivity index (χ3n) is 1.69. The second-order valence-corrected chi connectivity index (χ2v) is 6.13. The molecule has 0 aromatic heterocycles. The minimum absolute atomic E-state index is 0.112. The number of rotatable bonds is 0. The number of halogens is 3. The first-order chi connectivity index (χ1) is 6.29. The van der Waals surface area contributed by atoms with Crippen molar-refractivity contribution in [3.05, 3.63) is 41.2 Å². The summed E-state index contributed by atoms with van der Waals surface area (Å²) in [5, 5.41) is 0. The fraction of sp³-hybridized carbons (Fsp3) is 0.111. The molecular weight excluding hydrogens is 289 g/mol. The van der Waals surface area contributed by atoms with Crippen LogP contribution in [0.4, 0.5) is 4.39 Å². The van der Waals surface area contributed by atoms with E-state index in [0.29, 0.717) is 0 Å². The van der Waals surface area contributed by atoms with E-state index in [4.69, 9.17) is 17.0 Å². The van der Waals surface area contributed by atoms with Gasteiger partial charge in [-0.15, -0.1) is 35.9 Å². The second kappa shape index (κ2) is 5.95. The first kappa shape index (κ1) is 11.4. The molecule has 1 aliphatic carbocycles. The molecule has 1 aromatic rings. The van der Waals surface area contributed by atoms with Gasteiger partial charge in [0.2, 0.25) is 0 Å². The standard InChI is InChI=1S/C9H6F.2ClH.Zr/c10-9-6-2-4-7-3-1-5-8(7)9;;;/h1-3,6H,5H2;2*1H;/q-1;;;+2/p-2. The normalized spacial score (nSPS) is 11.6. The van der Waals surface area contributed by atoms with Crippen LogP contribution < -0.4 is 0 Å². The van der Waals surface area contributed by atoms with Crippen LogP contribution in [0.1, 0.15) is 11.1 Å². The molecule has 0 bridgehead atoms. The van der Waals surface area contributed by atoms with E-state index < -0.39 is 20.8 Å². The molecule has 13 heavy (non-hydrogen) atoms. The van der Waals surface area contributed by atoms with E-state index in [1.165, 1.54) is 6.07 Å². The van der Waals surface area contributed by atoms with Gasteiger partial charge in [0.25, 0.3) is 0 Å². The average Bonchev–Trinajstić information content (AvgIpc) is 2.54. The van der Waals surface area contributed by atoms with E-state index in [1.807, 2.05) is 12.2 Å². The Morgan fingerprint density at radius 3 is 2.77 bits per heavy atom. The Balaban J connectivity index is 0.000000251. The predicted molar refractivity (Wildman–Crippen MR) is 49.7 cm³/mol. The number of hydrogen-bond donors (Lipinski definition) is 0. The van der Waals surface area contributed by atoms with Crippen molar-refractivity contribution in [2.24, 2.45) is 0 Å². The molecular formula is C9H6Cl2FZr-. The zero-order chi connectivity index (χ0) is 9.68. The van der Waals surface area contributed by atoms with Crippen molar-refractivity contribution in [3.8, 4) is 0 Å². The van der Waals surface area contributed by atoms with Crippen molar-refractivity contribution in [3.63, 3.8) is 0 Å². The van der Waals surface area contributed by atoms with Gasteiger partial charge in [-0.2, -0.15) is 0 Å². The quantitative estimate of drug-likeness (QED) is 0.642. The molecule has 2 rings (SSSR count). The number of allylic oxidation sites excluding steroid dienone is 1. The van der Waals surface area contributed by atoms with Gasteiger partial charge in [-0.1, -0.05) is 12.0 Å². The number of benzene rings is 1. The maximum absolute atomic E-state index is 12.8. The summed E-state index contributed by atoms with van der Waals surface area (Å²) < 4.78 is 12.8. The summed E-state index contributed by atoms with van der Waals surface area (Å²) in [4.78, 5) is 0. The van der Waals surface area contributed by atoms with Crippen LogP contribution in [0.5, 0.6) is 0 Å². The molecule has 0 spiro atoms. The van der Waals surface area contributed by atoms with Crippen LogP contribution in [0.25, 0.3) is 6.08 Å². The summed E-state index contributed by atoms with van der Waals surface area (Å²) >= 11 is -0.826. The Morgan fingerprint density at radius 2 is 2.15 bits per heavy atom. The Hall–Kier alpha value is 0.353. The van der Waals surface area contributed by atoms with Gasteiger partial charge in [0.1, 0.15) is 0 Å². The van der Waals surface area contributed by atoms with E-state index in [9.17, 15) is 4.39 Å². The van der Waals surface area contributed by atoms with Crippen LogP contribution >= 0.6 is 17.0 Å². The number of hydrogen-bond acceptors (Lipinski definition) is 0. The van der Waals surface area contributed by atoms with E-state index in [-0.39, 0.29) is 5.82 Å². The molecule has 0 fully saturated rings. The molecule has 0 saturated carbocycles. The minimum atomic E-state index is -0.826. The SMILES string of the molecule is Fc1cc[c-]c2c1CC=C2.[Cl][Zr][Cl]. The Morgan fingerprint density at radius 1 is 1.46 bits per heavy atom. The zero-order valence-corrected chi connectivity index (χ0v) is 10.6. The second-order valence-electron chi connectivity index (χ2n) is 2.40. The van der Waals surface area contributed by atoms with Crippen LogP contribution in [-0.2, 0) is 27.3 Å². The van der Waals surface area contributed by atoms with E-state index in [2.05, 4.69) is 6.07 Å². The average molecular weight is 295 g/mol. The molecule has 0 aliphatic heterocycles. The van der Waals surface area contributed by atoms with Crippen molar-refractivity contribution in [1.82, 2.24) is 0 Å². The van der Waals surface area contributed by atoms with Crippen molar-refractivity contribution in [2.45, 2.75) is 6.42 Å². The first-order valence-corrected chi connectivity index (χ1v) is 9.94. The van der Waals surface area contributed by atoms with E-state index in [1.54, 1.807) is 6.07 Å². The molecule has 68 valence electrons. The summed E-state index contributed by atoms with van der Waals surface area (Å²) in [6.07, 6.45) is 4.57. The maximum atomic E-state index is 12.8. The summed E-state index contributed by atoms with van der Waals surface area (Å²) in [6.45, 7) is 0. The summed E-state index contributed by atoms with van der Waals surface area (Å²) in [5.74, 6) is -0.112. The van der Waals surface area contributed by atoms with Gasteiger partial charge in [0, 0.05) is 5.82 Å². The van der Waals surface area contributed by atoms with Gasteiger partial charge in [-0.25, -0.2) is 4.39 Å². The van der Waals surface area contributed by atoms with Crippen LogP contribution in [0.15, 0.2) is 18.2 Å². The molecule has 1 aliphatic rings. The zero-order valence-electron chi connectivity index (χ0n) is 6.65. The van der Waals surface area contributed by atoms with Gasteiger partial charge in [0.05, 0.1) is 0 Å². The summed E-state index contributed by atoms with van der Waals surface area (Å²) in [7, 11) is 9.87. The van der Waals surface area contributed by atoms with Crippen LogP contribution in [0.3, 0.4) is 0 Å². The monoisotopic (exact) mass is 293 g/mol. The molecule has 0 unspecified atom stereocenters. The van der Waals surface area contributed by atoms with Crippen LogP contribution in [0, 0.1) is 11.9 Å². The van der Waals surface area contributed by atoms with Crippen molar-refractivity contribution < 1.29 is 25.2 Å². The fourth-order valence-electron chi connectivity index (χ4n) is 1.17. The summed E-state index contributed by atoms with van der Waals surface area (Å²) in [5.41, 5.74) is 1.68. The molecule has 0 saturated heterocycles. The predicted octanol–water partition coefficient (Wildman–Crippen LogP) is 3.57. The van der Waals surface area contributed by atoms with Crippen molar-refractivity contribution in [2.75, 3.05) is 0 Å². The third-order valence-corrected chi connectivity index (χ3v) is 1.69. The molecule has 0 N–H and O–H groups in total. The molecule has 0 radical (unpaired) electrons. The van der Waals surface area contributed by atoms with Gasteiger partial charge in [-0.3, -0.25) is 0 Å². The number of fused-ring (bicyclic) bond motifs is 1. The van der Waals surface area contributed by atoms with Crippen molar-refractivity contribution in [1.29, 1.82) is 0 Å². The molecule has 1 aromatic carbocycles. The topological polar surface area (TPSA) is 0 Å². The molecule has 0 amide bonds. The van der Waals surface area contributed by atoms with Crippen LogP contribution in [0.2, 0.25) is 0 Å². The molecule has 0 nitrogen and oxygen atoms in total. The van der Waals surface area contributed by atoms with Crippen LogP contribution in [-0.4, -0.2) is 0 Å². The Kier molecular flexibility index (Phi) is 5.23. The fourth-order valence-corrected chi connectivity index (χ4v) is 1.17. The van der Waals surface area contributed by atoms with Gasteiger partial charge in [0.15, 0.2) is 0 Å². The van der Waals surface area contributed by atoms with Gasteiger partial charge >= 0.3 is 37.9 Å². The third kappa shape index (κ3) is 3.20. The first-order valence-electron chi connectivity index (χ1n) is 3.61. The van der Waals surface area contributed by atoms with Gasteiger partial charge < -0.3 is 0 Å². The van der Waals surface area contributed by atoms with E-state index in [0.717, 1.165) is 17.5 Å². The molecule has 4 heteroatoms. The van der Waals surface area contributed by atoms with Crippen molar-refractivity contribution >= 4 is 23.1 Å². The Bertz CT molecular complexity index is 312. The van der Waals surface area contributed by atoms with E-state index >= 15 is 0 Å². The Labute approximate surface area is 95.4 Å². The summed E-state index contributed by atoms with van der Waals surface area (Å²) in [6, 6.07) is 6.03. The molecule has 0 atom stereocenters. The van der Waals surface area contributed by atoms with Gasteiger partial charge in [-0.05, 0) is 0 Å².